The Labute approximate surface area is 220 Å². The number of aromatic nitrogens is 2. The van der Waals surface area contributed by atoms with Crippen LogP contribution in [0.1, 0.15) is 41.3 Å². The van der Waals surface area contributed by atoms with E-state index in [4.69, 9.17) is 21.8 Å². The van der Waals surface area contributed by atoms with Crippen LogP contribution < -0.4 is 21.8 Å². The number of hydrogen-bond donors (Lipinski definition) is 4. The van der Waals surface area contributed by atoms with E-state index in [9.17, 15) is 4.79 Å². The number of carbonyl (C=O) groups is 1. The zero-order chi connectivity index (χ0) is 26.5. The molecule has 0 bridgehead atoms. The number of nitrogens with two attached hydrogens (primary N) is 2. The van der Waals surface area contributed by atoms with Gasteiger partial charge >= 0.3 is 0 Å². The van der Waals surface area contributed by atoms with E-state index in [1.54, 1.807) is 6.20 Å². The van der Waals surface area contributed by atoms with Gasteiger partial charge < -0.3 is 25.5 Å². The third-order valence-electron chi connectivity index (χ3n) is 6.43. The van der Waals surface area contributed by atoms with Crippen LogP contribution in [-0.2, 0) is 14.4 Å². The van der Waals surface area contributed by atoms with Crippen LogP contribution in [0.25, 0.3) is 0 Å². The van der Waals surface area contributed by atoms with E-state index in [-0.39, 0.29) is 11.8 Å². The van der Waals surface area contributed by atoms with Crippen molar-refractivity contribution in [2.24, 2.45) is 16.6 Å². The van der Waals surface area contributed by atoms with Crippen LogP contribution >= 0.6 is 0 Å². The maximum Gasteiger partial charge on any atom is 0.263 e. The number of aliphatic imine (C=N–C) groups is 1. The van der Waals surface area contributed by atoms with Crippen molar-refractivity contribution in [2.75, 3.05) is 36.5 Å². The van der Waals surface area contributed by atoms with Crippen LogP contribution in [0.2, 0.25) is 0 Å². The van der Waals surface area contributed by atoms with Gasteiger partial charge in [0.15, 0.2) is 6.17 Å². The molecule has 0 spiro atoms. The summed E-state index contributed by atoms with van der Waals surface area (Å²) in [5.41, 5.74) is 9.63. The standard InChI is InChI=1S/C15H13N3O.C12H17N5O2/c16-14-15(19)17-12-9-5-4-8-11(12)13(18-14)10-6-2-1-3-7-10;13-10(19-14)9-7-15-11(8-1-2-8)16-12(9)17-3-5-18-6-4-17/h1-9,14H,16H2,(H,17,19);7-8,13H,1-6,14H2. The van der Waals surface area contributed by atoms with Crippen molar-refractivity contribution in [2.45, 2.75) is 24.9 Å². The minimum Gasteiger partial charge on any atom is -0.391 e. The first-order valence-electron chi connectivity index (χ1n) is 12.5. The van der Waals surface area contributed by atoms with E-state index in [0.29, 0.717) is 24.7 Å². The molecule has 6 N–H and O–H groups in total. The van der Waals surface area contributed by atoms with Crippen molar-refractivity contribution in [3.8, 4) is 0 Å². The molecule has 1 aromatic heterocycles. The highest BCUT2D eigenvalue weighted by atomic mass is 16.6. The molecule has 1 saturated heterocycles. The molecule has 1 atom stereocenters. The van der Waals surface area contributed by atoms with Gasteiger partial charge in [-0.05, 0) is 18.9 Å². The predicted molar refractivity (Wildman–Crippen MR) is 144 cm³/mol. The van der Waals surface area contributed by atoms with E-state index >= 15 is 0 Å². The molecule has 3 heterocycles. The number of rotatable bonds is 4. The van der Waals surface area contributed by atoms with Crippen LogP contribution in [0.15, 0.2) is 65.8 Å². The number of amides is 1. The number of para-hydroxylation sites is 1. The van der Waals surface area contributed by atoms with Crippen LogP contribution in [0.5, 0.6) is 0 Å². The van der Waals surface area contributed by atoms with Gasteiger partial charge in [-0.3, -0.25) is 15.2 Å². The highest BCUT2D eigenvalue weighted by molar-refractivity contribution is 6.19. The molecule has 1 aliphatic carbocycles. The molecule has 6 rings (SSSR count). The van der Waals surface area contributed by atoms with Crippen molar-refractivity contribution in [1.82, 2.24) is 9.97 Å². The highest BCUT2D eigenvalue weighted by Crippen LogP contribution is 2.38. The van der Waals surface area contributed by atoms with Crippen LogP contribution in [0.3, 0.4) is 0 Å². The first-order valence-corrected chi connectivity index (χ1v) is 12.5. The Kier molecular flexibility index (Phi) is 7.68. The van der Waals surface area contributed by atoms with Gasteiger partial charge in [0.25, 0.3) is 5.91 Å². The minimum absolute atomic E-state index is 0.108. The lowest BCUT2D eigenvalue weighted by molar-refractivity contribution is -0.117. The molecule has 1 amide bonds. The zero-order valence-corrected chi connectivity index (χ0v) is 20.8. The average Bonchev–Trinajstić information content (AvgIpc) is 3.83. The van der Waals surface area contributed by atoms with Crippen molar-refractivity contribution < 1.29 is 14.4 Å². The summed E-state index contributed by atoms with van der Waals surface area (Å²) < 4.78 is 5.34. The smallest absolute Gasteiger partial charge is 0.263 e. The maximum absolute atomic E-state index is 11.8. The lowest BCUT2D eigenvalue weighted by atomic mass is 10.0. The molecule has 3 aliphatic rings. The van der Waals surface area contributed by atoms with Gasteiger partial charge in [-0.2, -0.15) is 5.90 Å². The molecule has 11 heteroatoms. The molecule has 38 heavy (non-hydrogen) atoms. The Morgan fingerprint density at radius 2 is 1.79 bits per heavy atom. The molecule has 11 nitrogen and oxygen atoms in total. The molecule has 1 unspecified atom stereocenters. The number of ether oxygens (including phenoxy) is 1. The summed E-state index contributed by atoms with van der Waals surface area (Å²) in [6, 6.07) is 17.3. The van der Waals surface area contributed by atoms with E-state index in [0.717, 1.165) is 60.1 Å². The van der Waals surface area contributed by atoms with Gasteiger partial charge in [0.1, 0.15) is 11.6 Å². The summed E-state index contributed by atoms with van der Waals surface area (Å²) in [5, 5.41) is 10.5. The van der Waals surface area contributed by atoms with Gasteiger partial charge in [-0.15, -0.1) is 0 Å². The zero-order valence-electron chi connectivity index (χ0n) is 20.8. The summed E-state index contributed by atoms with van der Waals surface area (Å²) in [5.74, 6) is 6.75. The topological polar surface area (TPSA) is 165 Å². The number of benzene rings is 2. The Morgan fingerprint density at radius 1 is 1.08 bits per heavy atom. The molecular formula is C27H30N8O3. The first kappa shape index (κ1) is 25.5. The lowest BCUT2D eigenvalue weighted by Gasteiger charge is -2.29. The SMILES string of the molecule is N=C(ON)c1cnc(C2CC2)nc1N1CCOCC1.NC1N=C(c2ccccc2)c2ccccc2NC1=O. The number of carbonyl (C=O) groups excluding carboxylic acids is 1. The Bertz CT molecular complexity index is 1340. The number of fused-ring (bicyclic) bond motifs is 1. The Balaban J connectivity index is 0.000000155. The van der Waals surface area contributed by atoms with Crippen molar-refractivity contribution in [3.63, 3.8) is 0 Å². The molecule has 2 aromatic carbocycles. The molecule has 3 aromatic rings. The van der Waals surface area contributed by atoms with E-state index in [1.807, 2.05) is 54.6 Å². The third kappa shape index (κ3) is 5.70. The molecule has 0 radical (unpaired) electrons. The second-order valence-corrected chi connectivity index (χ2v) is 9.11. The fraction of sp³-hybridized carbons (Fsp3) is 0.296. The summed E-state index contributed by atoms with van der Waals surface area (Å²) in [7, 11) is 0. The number of morpholine rings is 1. The number of nitrogens with zero attached hydrogens (tertiary/aromatic N) is 4. The van der Waals surface area contributed by atoms with Gasteiger partial charge in [-0.1, -0.05) is 48.5 Å². The van der Waals surface area contributed by atoms with Crippen molar-refractivity contribution in [1.29, 1.82) is 5.41 Å². The summed E-state index contributed by atoms with van der Waals surface area (Å²) in [6.07, 6.45) is 3.04. The molecule has 2 fully saturated rings. The largest absolute Gasteiger partial charge is 0.391 e. The maximum atomic E-state index is 11.8. The second kappa shape index (κ2) is 11.5. The van der Waals surface area contributed by atoms with E-state index in [2.05, 4.69) is 30.0 Å². The van der Waals surface area contributed by atoms with Crippen LogP contribution in [-0.4, -0.2) is 60.0 Å². The average molecular weight is 515 g/mol. The highest BCUT2D eigenvalue weighted by Gasteiger charge is 2.29. The molecular weight excluding hydrogens is 484 g/mol. The van der Waals surface area contributed by atoms with Gasteiger partial charge in [-0.25, -0.2) is 9.97 Å². The number of nitrogens with one attached hydrogen (secondary N) is 2. The number of anilines is 2. The number of benzodiazepines with no additional fused rings is 1. The lowest BCUT2D eigenvalue weighted by Crippen LogP contribution is -2.38. The summed E-state index contributed by atoms with van der Waals surface area (Å²) in [6.45, 7) is 2.84. The van der Waals surface area contributed by atoms with Crippen molar-refractivity contribution >= 4 is 29.0 Å². The minimum atomic E-state index is -0.886. The van der Waals surface area contributed by atoms with Gasteiger partial charge in [0.05, 0.1) is 30.2 Å². The fourth-order valence-corrected chi connectivity index (χ4v) is 4.26. The van der Waals surface area contributed by atoms with Crippen LogP contribution in [0, 0.1) is 5.41 Å². The predicted octanol–water partition coefficient (Wildman–Crippen LogP) is 2.17. The quantitative estimate of drug-likeness (QED) is 0.234. The normalized spacial score (nSPS) is 18.7. The van der Waals surface area contributed by atoms with Crippen LogP contribution in [0.4, 0.5) is 11.5 Å². The Hall–Kier alpha value is -4.19. The monoisotopic (exact) mass is 514 g/mol. The molecule has 1 saturated carbocycles. The first-order chi connectivity index (χ1) is 18.5. The summed E-state index contributed by atoms with van der Waals surface area (Å²) in [4.78, 5) is 31.7. The Morgan fingerprint density at radius 3 is 2.50 bits per heavy atom. The molecule has 196 valence electrons. The fourth-order valence-electron chi connectivity index (χ4n) is 4.26. The van der Waals surface area contributed by atoms with Crippen molar-refractivity contribution in [3.05, 3.63) is 83.3 Å². The third-order valence-corrected chi connectivity index (χ3v) is 6.43. The second-order valence-electron chi connectivity index (χ2n) is 9.11. The summed E-state index contributed by atoms with van der Waals surface area (Å²) >= 11 is 0. The van der Waals surface area contributed by atoms with E-state index in [1.165, 1.54) is 0 Å². The number of hydrogen-bond acceptors (Lipinski definition) is 10. The van der Waals surface area contributed by atoms with Gasteiger partial charge in [0.2, 0.25) is 5.90 Å². The molecule has 2 aliphatic heterocycles. The van der Waals surface area contributed by atoms with E-state index < -0.39 is 6.17 Å². The van der Waals surface area contributed by atoms with Gasteiger partial charge in [0, 0.05) is 36.3 Å².